The average molecular weight is 267 g/mol. The van der Waals surface area contributed by atoms with Crippen LogP contribution in [0.25, 0.3) is 0 Å². The van der Waals surface area contributed by atoms with E-state index in [9.17, 15) is 14.4 Å². The molecule has 1 aromatic carbocycles. The van der Waals surface area contributed by atoms with Crippen LogP contribution in [-0.4, -0.2) is 15.8 Å². The van der Waals surface area contributed by atoms with Gasteiger partial charge in [0.25, 0.3) is 5.91 Å². The second-order valence-electron chi connectivity index (χ2n) is 4.55. The predicted octanol–water partition coefficient (Wildman–Crippen LogP) is 2.44. The molecule has 1 unspecified atom stereocenters. The van der Waals surface area contributed by atoms with Crippen LogP contribution in [0.4, 0.5) is 4.39 Å². The molecule has 1 aliphatic rings. The molecule has 0 saturated carbocycles. The van der Waals surface area contributed by atoms with Crippen molar-refractivity contribution in [2.24, 2.45) is 0 Å². The summed E-state index contributed by atoms with van der Waals surface area (Å²) in [5, 5.41) is 9.29. The molecule has 20 heavy (non-hydrogen) atoms. The summed E-state index contributed by atoms with van der Waals surface area (Å²) in [4.78, 5) is 17.7. The largest absolute Gasteiger partial charge is 0.314 e. The molecule has 3 rings (SSSR count). The van der Waals surface area contributed by atoms with Gasteiger partial charge in [0, 0.05) is 30.1 Å². The SMILES string of the molecule is N#CC1c2cc(F)ccc2C(=O)N1Cc1ccncc1. The van der Waals surface area contributed by atoms with Crippen LogP contribution in [0.2, 0.25) is 0 Å². The van der Waals surface area contributed by atoms with Crippen molar-refractivity contribution in [3.8, 4) is 6.07 Å². The lowest BCUT2D eigenvalue weighted by Gasteiger charge is -2.19. The number of aromatic nitrogens is 1. The Kier molecular flexibility index (Phi) is 2.92. The van der Waals surface area contributed by atoms with E-state index in [-0.39, 0.29) is 5.91 Å². The zero-order valence-corrected chi connectivity index (χ0v) is 10.5. The molecule has 1 aromatic heterocycles. The molecule has 0 bridgehead atoms. The fourth-order valence-corrected chi connectivity index (χ4v) is 2.38. The van der Waals surface area contributed by atoms with Crippen molar-refractivity contribution in [1.29, 1.82) is 5.26 Å². The predicted molar refractivity (Wildman–Crippen MR) is 68.9 cm³/mol. The van der Waals surface area contributed by atoms with E-state index in [1.807, 2.05) is 0 Å². The molecular formula is C15H10FN3O. The van der Waals surface area contributed by atoms with Crippen molar-refractivity contribution in [3.05, 3.63) is 65.2 Å². The molecule has 1 aliphatic heterocycles. The number of fused-ring (bicyclic) bond motifs is 1. The molecule has 1 atom stereocenters. The minimum absolute atomic E-state index is 0.247. The maximum absolute atomic E-state index is 13.3. The van der Waals surface area contributed by atoms with Crippen LogP contribution < -0.4 is 0 Å². The third kappa shape index (κ3) is 1.91. The first-order valence-corrected chi connectivity index (χ1v) is 6.09. The lowest BCUT2D eigenvalue weighted by atomic mass is 10.1. The Bertz CT molecular complexity index is 709. The smallest absolute Gasteiger partial charge is 0.255 e. The molecule has 2 heterocycles. The van der Waals surface area contributed by atoms with E-state index in [2.05, 4.69) is 11.1 Å². The number of benzene rings is 1. The van der Waals surface area contributed by atoms with Gasteiger partial charge in [-0.05, 0) is 35.9 Å². The number of nitriles is 1. The van der Waals surface area contributed by atoms with Gasteiger partial charge >= 0.3 is 0 Å². The lowest BCUT2D eigenvalue weighted by Crippen LogP contribution is -2.26. The average Bonchev–Trinajstić information content (AvgIpc) is 2.72. The Hall–Kier alpha value is -2.74. The van der Waals surface area contributed by atoms with Gasteiger partial charge in [-0.1, -0.05) is 0 Å². The highest BCUT2D eigenvalue weighted by molar-refractivity contribution is 5.99. The minimum Gasteiger partial charge on any atom is -0.314 e. The molecule has 0 radical (unpaired) electrons. The second kappa shape index (κ2) is 4.74. The minimum atomic E-state index is -0.749. The number of hydrogen-bond donors (Lipinski definition) is 0. The molecule has 0 aliphatic carbocycles. The Morgan fingerprint density at radius 2 is 2.05 bits per heavy atom. The van der Waals surface area contributed by atoms with Gasteiger partial charge in [-0.15, -0.1) is 0 Å². The van der Waals surface area contributed by atoms with Gasteiger partial charge in [-0.25, -0.2) is 4.39 Å². The maximum Gasteiger partial charge on any atom is 0.255 e. The van der Waals surface area contributed by atoms with Gasteiger partial charge in [0.2, 0.25) is 0 Å². The summed E-state index contributed by atoms with van der Waals surface area (Å²) < 4.78 is 13.3. The third-order valence-corrected chi connectivity index (χ3v) is 3.34. The number of nitrogens with zero attached hydrogens (tertiary/aromatic N) is 3. The highest BCUT2D eigenvalue weighted by Crippen LogP contribution is 2.34. The second-order valence-corrected chi connectivity index (χ2v) is 4.55. The zero-order valence-electron chi connectivity index (χ0n) is 10.5. The molecular weight excluding hydrogens is 257 g/mol. The van der Waals surface area contributed by atoms with Gasteiger partial charge < -0.3 is 4.90 Å². The number of amides is 1. The van der Waals surface area contributed by atoms with E-state index >= 15 is 0 Å². The summed E-state index contributed by atoms with van der Waals surface area (Å²) in [5.74, 6) is -0.689. The van der Waals surface area contributed by atoms with Crippen LogP contribution in [-0.2, 0) is 6.54 Å². The number of carbonyl (C=O) groups excluding carboxylic acids is 1. The Morgan fingerprint density at radius 1 is 1.30 bits per heavy atom. The third-order valence-electron chi connectivity index (χ3n) is 3.34. The van der Waals surface area contributed by atoms with Crippen molar-refractivity contribution < 1.29 is 9.18 Å². The Labute approximate surface area is 115 Å². The summed E-state index contributed by atoms with van der Waals surface area (Å²) in [6, 6.07) is 8.82. The maximum atomic E-state index is 13.3. The molecule has 0 saturated heterocycles. The summed E-state index contributed by atoms with van der Waals surface area (Å²) in [5.41, 5.74) is 1.71. The monoisotopic (exact) mass is 267 g/mol. The summed E-state index contributed by atoms with van der Waals surface area (Å²) in [6.07, 6.45) is 3.26. The zero-order chi connectivity index (χ0) is 14.1. The summed E-state index contributed by atoms with van der Waals surface area (Å²) in [6.45, 7) is 0.301. The van der Waals surface area contributed by atoms with Crippen molar-refractivity contribution >= 4 is 5.91 Å². The van der Waals surface area contributed by atoms with Gasteiger partial charge in [0.1, 0.15) is 11.9 Å². The molecule has 5 heteroatoms. The van der Waals surface area contributed by atoms with E-state index in [4.69, 9.17) is 0 Å². The summed E-state index contributed by atoms with van der Waals surface area (Å²) in [7, 11) is 0. The molecule has 2 aromatic rings. The van der Waals surface area contributed by atoms with Gasteiger partial charge in [-0.2, -0.15) is 5.26 Å². The lowest BCUT2D eigenvalue weighted by molar-refractivity contribution is 0.0744. The Balaban J connectivity index is 1.98. The number of hydrogen-bond acceptors (Lipinski definition) is 3. The van der Waals surface area contributed by atoms with Gasteiger partial charge in [0.05, 0.1) is 6.07 Å². The van der Waals surface area contributed by atoms with Crippen molar-refractivity contribution in [2.45, 2.75) is 12.6 Å². The van der Waals surface area contributed by atoms with E-state index < -0.39 is 11.9 Å². The Morgan fingerprint density at radius 3 is 2.75 bits per heavy atom. The highest BCUT2D eigenvalue weighted by atomic mass is 19.1. The van der Waals surface area contributed by atoms with Crippen LogP contribution in [0.15, 0.2) is 42.7 Å². The van der Waals surface area contributed by atoms with E-state index in [0.717, 1.165) is 5.56 Å². The van der Waals surface area contributed by atoms with E-state index in [0.29, 0.717) is 17.7 Å². The molecule has 4 nitrogen and oxygen atoms in total. The molecule has 98 valence electrons. The number of halogens is 1. The van der Waals surface area contributed by atoms with Gasteiger partial charge in [0.15, 0.2) is 0 Å². The van der Waals surface area contributed by atoms with E-state index in [1.54, 1.807) is 24.5 Å². The first kappa shape index (κ1) is 12.3. The van der Waals surface area contributed by atoms with Crippen molar-refractivity contribution in [2.75, 3.05) is 0 Å². The number of pyridine rings is 1. The van der Waals surface area contributed by atoms with E-state index in [1.165, 1.54) is 23.1 Å². The molecule has 0 N–H and O–H groups in total. The van der Waals surface area contributed by atoms with Crippen molar-refractivity contribution in [3.63, 3.8) is 0 Å². The van der Waals surface area contributed by atoms with Crippen molar-refractivity contribution in [1.82, 2.24) is 9.88 Å². The number of rotatable bonds is 2. The standard InChI is InChI=1S/C15H10FN3O/c16-11-1-2-12-13(7-11)14(8-17)19(15(12)20)9-10-3-5-18-6-4-10/h1-7,14H,9H2. The normalized spacial score (nSPS) is 16.9. The van der Waals surface area contributed by atoms with Gasteiger partial charge in [-0.3, -0.25) is 9.78 Å². The van der Waals surface area contributed by atoms with Crippen LogP contribution in [0.3, 0.4) is 0 Å². The highest BCUT2D eigenvalue weighted by Gasteiger charge is 2.36. The van der Waals surface area contributed by atoms with Crippen LogP contribution in [0.1, 0.15) is 27.5 Å². The fraction of sp³-hybridized carbons (Fsp3) is 0.133. The molecule has 0 spiro atoms. The number of carbonyl (C=O) groups is 1. The quantitative estimate of drug-likeness (QED) is 0.839. The first-order chi connectivity index (χ1) is 9.70. The molecule has 1 amide bonds. The van der Waals surface area contributed by atoms with Crippen LogP contribution >= 0.6 is 0 Å². The fourth-order valence-electron chi connectivity index (χ4n) is 2.38. The van der Waals surface area contributed by atoms with Crippen LogP contribution in [0.5, 0.6) is 0 Å². The molecule has 0 fully saturated rings. The first-order valence-electron chi connectivity index (χ1n) is 6.09. The topological polar surface area (TPSA) is 57.0 Å². The summed E-state index contributed by atoms with van der Waals surface area (Å²) >= 11 is 0. The van der Waals surface area contributed by atoms with Crippen LogP contribution in [0, 0.1) is 17.1 Å².